The van der Waals surface area contributed by atoms with E-state index in [2.05, 4.69) is 20.8 Å². The number of halogens is 1. The van der Waals surface area contributed by atoms with Crippen molar-refractivity contribution < 1.29 is 9.57 Å². The first-order valence-corrected chi connectivity index (χ1v) is 6.85. The Morgan fingerprint density at radius 2 is 1.79 bits per heavy atom. The molecule has 2 N–H and O–H groups in total. The SMILES string of the molecule is NOCCc1ccc(OCc2ccccc2)c(Br)c1. The maximum absolute atomic E-state index is 5.78. The second kappa shape index (κ2) is 7.28. The zero-order chi connectivity index (χ0) is 13.5. The molecule has 2 aromatic rings. The summed E-state index contributed by atoms with van der Waals surface area (Å²) in [6, 6.07) is 16.1. The number of rotatable bonds is 6. The smallest absolute Gasteiger partial charge is 0.134 e. The zero-order valence-electron chi connectivity index (χ0n) is 10.5. The van der Waals surface area contributed by atoms with E-state index in [0.29, 0.717) is 13.2 Å². The van der Waals surface area contributed by atoms with E-state index >= 15 is 0 Å². The fourth-order valence-electron chi connectivity index (χ4n) is 1.73. The van der Waals surface area contributed by atoms with Gasteiger partial charge in [-0.15, -0.1) is 0 Å². The Kier molecular flexibility index (Phi) is 5.39. The van der Waals surface area contributed by atoms with Gasteiger partial charge in [0.05, 0.1) is 11.1 Å². The van der Waals surface area contributed by atoms with Gasteiger partial charge in [0.15, 0.2) is 0 Å². The minimum absolute atomic E-state index is 0.511. The molecule has 4 heteroatoms. The minimum atomic E-state index is 0.511. The lowest BCUT2D eigenvalue weighted by Gasteiger charge is -2.09. The van der Waals surface area contributed by atoms with Crippen molar-refractivity contribution in [3.8, 4) is 5.75 Å². The van der Waals surface area contributed by atoms with Crippen LogP contribution in [0.25, 0.3) is 0 Å². The lowest BCUT2D eigenvalue weighted by Crippen LogP contribution is -2.03. The first-order valence-electron chi connectivity index (χ1n) is 6.06. The second-order valence-corrected chi connectivity index (χ2v) is 5.01. The standard InChI is InChI=1S/C15H16BrNO2/c16-14-10-12(8-9-19-17)6-7-15(14)18-11-13-4-2-1-3-5-13/h1-7,10H,8-9,11,17H2. The van der Waals surface area contributed by atoms with Crippen molar-refractivity contribution in [3.05, 3.63) is 64.1 Å². The molecule has 0 aliphatic heterocycles. The number of ether oxygens (including phenoxy) is 1. The molecule has 2 rings (SSSR count). The third-order valence-electron chi connectivity index (χ3n) is 2.74. The Morgan fingerprint density at radius 1 is 1.00 bits per heavy atom. The predicted octanol–water partition coefficient (Wildman–Crippen LogP) is 3.46. The van der Waals surface area contributed by atoms with Gasteiger partial charge in [0, 0.05) is 0 Å². The molecule has 0 aliphatic carbocycles. The Labute approximate surface area is 121 Å². The molecule has 0 aliphatic rings. The van der Waals surface area contributed by atoms with E-state index in [1.807, 2.05) is 48.5 Å². The Morgan fingerprint density at radius 3 is 2.47 bits per heavy atom. The van der Waals surface area contributed by atoms with Crippen LogP contribution in [-0.2, 0) is 17.9 Å². The van der Waals surface area contributed by atoms with Crippen molar-refractivity contribution in [1.82, 2.24) is 0 Å². The molecule has 0 atom stereocenters. The Balaban J connectivity index is 1.97. The summed E-state index contributed by atoms with van der Waals surface area (Å²) in [5.74, 6) is 5.85. The molecular weight excluding hydrogens is 306 g/mol. The summed E-state index contributed by atoms with van der Waals surface area (Å²) in [6.45, 7) is 1.07. The topological polar surface area (TPSA) is 44.5 Å². The number of benzene rings is 2. The summed E-state index contributed by atoms with van der Waals surface area (Å²) in [7, 11) is 0. The molecule has 0 saturated carbocycles. The molecule has 0 amide bonds. The molecule has 0 aromatic heterocycles. The fraction of sp³-hybridized carbons (Fsp3) is 0.200. The minimum Gasteiger partial charge on any atom is -0.488 e. The van der Waals surface area contributed by atoms with Gasteiger partial charge in [-0.3, -0.25) is 0 Å². The van der Waals surface area contributed by atoms with Crippen LogP contribution in [0.4, 0.5) is 0 Å². The van der Waals surface area contributed by atoms with E-state index in [-0.39, 0.29) is 0 Å². The van der Waals surface area contributed by atoms with Crippen molar-refractivity contribution in [2.75, 3.05) is 6.61 Å². The monoisotopic (exact) mass is 321 g/mol. The summed E-state index contributed by atoms with van der Waals surface area (Å²) in [5.41, 5.74) is 2.30. The van der Waals surface area contributed by atoms with Gasteiger partial charge >= 0.3 is 0 Å². The summed E-state index contributed by atoms with van der Waals surface area (Å²) in [4.78, 5) is 4.57. The van der Waals surface area contributed by atoms with E-state index in [1.165, 1.54) is 0 Å². The predicted molar refractivity (Wildman–Crippen MR) is 78.8 cm³/mol. The third-order valence-corrected chi connectivity index (χ3v) is 3.36. The zero-order valence-corrected chi connectivity index (χ0v) is 12.1. The van der Waals surface area contributed by atoms with E-state index in [9.17, 15) is 0 Å². The van der Waals surface area contributed by atoms with Gasteiger partial charge in [0.25, 0.3) is 0 Å². The molecule has 3 nitrogen and oxygen atoms in total. The highest BCUT2D eigenvalue weighted by Gasteiger charge is 2.03. The Bertz CT molecular complexity index is 517. The summed E-state index contributed by atoms with van der Waals surface area (Å²) in [5, 5.41) is 0. The fourth-order valence-corrected chi connectivity index (χ4v) is 2.27. The van der Waals surface area contributed by atoms with Crippen molar-refractivity contribution in [3.63, 3.8) is 0 Å². The third kappa shape index (κ3) is 4.35. The van der Waals surface area contributed by atoms with Crippen molar-refractivity contribution in [1.29, 1.82) is 0 Å². The lowest BCUT2D eigenvalue weighted by molar-refractivity contribution is 0.141. The summed E-state index contributed by atoms with van der Waals surface area (Å²) < 4.78 is 6.72. The van der Waals surface area contributed by atoms with Crippen LogP contribution in [-0.4, -0.2) is 6.61 Å². The van der Waals surface area contributed by atoms with Crippen LogP contribution in [0.2, 0.25) is 0 Å². The molecule has 0 unspecified atom stereocenters. The average Bonchev–Trinajstić information content (AvgIpc) is 2.45. The van der Waals surface area contributed by atoms with E-state index in [4.69, 9.17) is 10.6 Å². The quantitative estimate of drug-likeness (QED) is 0.829. The lowest BCUT2D eigenvalue weighted by atomic mass is 10.1. The average molecular weight is 322 g/mol. The molecule has 0 spiro atoms. The molecule has 19 heavy (non-hydrogen) atoms. The second-order valence-electron chi connectivity index (χ2n) is 4.16. The first-order chi connectivity index (χ1) is 9.29. The van der Waals surface area contributed by atoms with Crippen LogP contribution in [0.5, 0.6) is 5.75 Å². The van der Waals surface area contributed by atoms with Crippen LogP contribution >= 0.6 is 15.9 Å². The normalized spacial score (nSPS) is 10.4. The summed E-state index contributed by atoms with van der Waals surface area (Å²) >= 11 is 3.52. The van der Waals surface area contributed by atoms with Gasteiger partial charge in [-0.25, -0.2) is 5.90 Å². The van der Waals surface area contributed by atoms with Gasteiger partial charge in [-0.05, 0) is 45.6 Å². The van der Waals surface area contributed by atoms with Gasteiger partial charge in [-0.1, -0.05) is 36.4 Å². The number of hydrogen-bond acceptors (Lipinski definition) is 3. The van der Waals surface area contributed by atoms with Crippen LogP contribution in [0.1, 0.15) is 11.1 Å². The van der Waals surface area contributed by atoms with Gasteiger partial charge in [0.1, 0.15) is 12.4 Å². The largest absolute Gasteiger partial charge is 0.488 e. The molecule has 0 radical (unpaired) electrons. The molecule has 100 valence electrons. The molecule has 2 aromatic carbocycles. The number of nitrogens with two attached hydrogens (primary N) is 1. The van der Waals surface area contributed by atoms with Gasteiger partial charge < -0.3 is 9.57 Å². The van der Waals surface area contributed by atoms with E-state index in [0.717, 1.165) is 27.8 Å². The van der Waals surface area contributed by atoms with Crippen LogP contribution < -0.4 is 10.6 Å². The summed E-state index contributed by atoms with van der Waals surface area (Å²) in [6.07, 6.45) is 0.786. The van der Waals surface area contributed by atoms with Crippen molar-refractivity contribution in [2.24, 2.45) is 5.90 Å². The number of hydrogen-bond donors (Lipinski definition) is 1. The van der Waals surface area contributed by atoms with Crippen molar-refractivity contribution >= 4 is 15.9 Å². The maximum Gasteiger partial charge on any atom is 0.134 e. The highest BCUT2D eigenvalue weighted by Crippen LogP contribution is 2.27. The molecule has 0 fully saturated rings. The van der Waals surface area contributed by atoms with Gasteiger partial charge in [0.2, 0.25) is 0 Å². The van der Waals surface area contributed by atoms with Crippen LogP contribution in [0.3, 0.4) is 0 Å². The van der Waals surface area contributed by atoms with Crippen molar-refractivity contribution in [2.45, 2.75) is 13.0 Å². The highest BCUT2D eigenvalue weighted by molar-refractivity contribution is 9.10. The molecule has 0 heterocycles. The highest BCUT2D eigenvalue weighted by atomic mass is 79.9. The Hall–Kier alpha value is -1.36. The van der Waals surface area contributed by atoms with Crippen LogP contribution in [0.15, 0.2) is 53.0 Å². The maximum atomic E-state index is 5.78. The van der Waals surface area contributed by atoms with E-state index < -0.39 is 0 Å². The molecular formula is C15H16BrNO2. The van der Waals surface area contributed by atoms with Crippen LogP contribution in [0, 0.1) is 0 Å². The molecule has 0 bridgehead atoms. The van der Waals surface area contributed by atoms with Gasteiger partial charge in [-0.2, -0.15) is 0 Å². The van der Waals surface area contributed by atoms with E-state index in [1.54, 1.807) is 0 Å². The first kappa shape index (κ1) is 14.1. The molecule has 0 saturated heterocycles.